The van der Waals surface area contributed by atoms with Crippen molar-refractivity contribution < 1.29 is 31.5 Å². The summed E-state index contributed by atoms with van der Waals surface area (Å²) in [5.74, 6) is -2.76. The third-order valence-corrected chi connectivity index (χ3v) is 8.75. The number of hydrogen-bond donors (Lipinski definition) is 1. The van der Waals surface area contributed by atoms with E-state index in [-0.39, 0.29) is 0 Å². The van der Waals surface area contributed by atoms with E-state index in [0.29, 0.717) is 12.8 Å². The highest BCUT2D eigenvalue weighted by atomic mass is 32.2. The van der Waals surface area contributed by atoms with Crippen LogP contribution >= 0.6 is 11.3 Å². The first-order valence-corrected chi connectivity index (χ1v) is 11.5. The van der Waals surface area contributed by atoms with Crippen LogP contribution in [0.3, 0.4) is 0 Å². The molecule has 0 saturated carbocycles. The number of para-hydroxylation sites is 1. The second kappa shape index (κ2) is 8.20. The number of aliphatic carboxylic acids is 1. The number of benzene rings is 1. The van der Waals surface area contributed by atoms with Crippen LogP contribution in [0.2, 0.25) is 0 Å². The molecule has 164 valence electrons. The number of likely N-dealkylation sites (tertiary alicyclic amines) is 1. The van der Waals surface area contributed by atoms with Crippen molar-refractivity contribution in [2.24, 2.45) is 0 Å². The van der Waals surface area contributed by atoms with Crippen LogP contribution in [0.15, 0.2) is 41.1 Å². The van der Waals surface area contributed by atoms with E-state index in [1.807, 2.05) is 24.3 Å². The predicted octanol–water partition coefficient (Wildman–Crippen LogP) is 3.65. The van der Waals surface area contributed by atoms with Crippen LogP contribution < -0.4 is 4.31 Å². The number of nitrogens with zero attached hydrogens (tertiary/aromatic N) is 2. The van der Waals surface area contributed by atoms with E-state index in [4.69, 9.17) is 9.90 Å². The van der Waals surface area contributed by atoms with Crippen LogP contribution in [0.25, 0.3) is 0 Å². The van der Waals surface area contributed by atoms with Crippen molar-refractivity contribution in [1.82, 2.24) is 4.90 Å². The van der Waals surface area contributed by atoms with Gasteiger partial charge in [0.15, 0.2) is 0 Å². The maximum atomic E-state index is 13.1. The van der Waals surface area contributed by atoms with Crippen LogP contribution in [-0.2, 0) is 26.1 Å². The molecule has 11 heteroatoms. The van der Waals surface area contributed by atoms with Gasteiger partial charge in [-0.3, -0.25) is 9.21 Å². The topological polar surface area (TPSA) is 77.9 Å². The van der Waals surface area contributed by atoms with Gasteiger partial charge in [0.2, 0.25) is 10.0 Å². The number of halogens is 3. The van der Waals surface area contributed by atoms with Crippen molar-refractivity contribution in [2.45, 2.75) is 30.3 Å². The van der Waals surface area contributed by atoms with Crippen molar-refractivity contribution in [2.75, 3.05) is 24.4 Å². The fraction of sp³-hybridized carbons (Fsp3) is 0.421. The van der Waals surface area contributed by atoms with Crippen molar-refractivity contribution >= 4 is 33.0 Å². The monoisotopic (exact) mass is 462 g/mol. The molecule has 1 saturated heterocycles. The lowest BCUT2D eigenvalue weighted by Crippen LogP contribution is -2.47. The summed E-state index contributed by atoms with van der Waals surface area (Å²) in [5, 5.41) is 11.4. The summed E-state index contributed by atoms with van der Waals surface area (Å²) in [6, 6.07) is 9.91. The van der Waals surface area contributed by atoms with Crippen molar-refractivity contribution in [1.29, 1.82) is 0 Å². The molecule has 1 aromatic carbocycles. The summed E-state index contributed by atoms with van der Waals surface area (Å²) in [6.45, 7) is 2.55. The SMILES string of the molecule is CN1c2ccccc2C2(CCN(Cc3ccsc3)CC2)S1(=O)=O.O=C(O)C(F)(F)F. The van der Waals surface area contributed by atoms with Crippen molar-refractivity contribution in [3.05, 3.63) is 52.2 Å². The van der Waals surface area contributed by atoms with E-state index >= 15 is 0 Å². The molecule has 0 aliphatic carbocycles. The van der Waals surface area contributed by atoms with Gasteiger partial charge in [-0.25, -0.2) is 13.2 Å². The van der Waals surface area contributed by atoms with E-state index < -0.39 is 26.9 Å². The number of carboxylic acid groups (broad SMARTS) is 1. The van der Waals surface area contributed by atoms with Crippen LogP contribution in [0.5, 0.6) is 0 Å². The van der Waals surface area contributed by atoms with Crippen molar-refractivity contribution in [3.8, 4) is 0 Å². The third kappa shape index (κ3) is 4.06. The summed E-state index contributed by atoms with van der Waals surface area (Å²) in [4.78, 5) is 11.3. The standard InChI is InChI=1S/C17H20N2O2S2.C2HF3O2/c1-18-16-5-3-2-4-15(16)17(23(18,20)21)7-9-19(10-8-17)12-14-6-11-22-13-14;3-2(4,5)1(6)7/h2-6,11,13H,7-10,12H2,1H3;(H,6,7). The van der Waals surface area contributed by atoms with E-state index in [1.54, 1.807) is 18.4 Å². The van der Waals surface area contributed by atoms with Crippen LogP contribution in [-0.4, -0.2) is 50.7 Å². The highest BCUT2D eigenvalue weighted by Gasteiger charge is 2.55. The Balaban J connectivity index is 0.000000318. The lowest BCUT2D eigenvalue weighted by molar-refractivity contribution is -0.192. The van der Waals surface area contributed by atoms with Gasteiger partial charge in [-0.2, -0.15) is 24.5 Å². The average Bonchev–Trinajstić information content (AvgIpc) is 3.25. The Morgan fingerprint density at radius 1 is 1.20 bits per heavy atom. The van der Waals surface area contributed by atoms with E-state index in [0.717, 1.165) is 30.9 Å². The number of alkyl halides is 3. The smallest absolute Gasteiger partial charge is 0.475 e. The van der Waals surface area contributed by atoms with Gasteiger partial charge in [0, 0.05) is 26.7 Å². The Labute approximate surface area is 176 Å². The van der Waals surface area contributed by atoms with Gasteiger partial charge < -0.3 is 5.11 Å². The average molecular weight is 463 g/mol. The highest BCUT2D eigenvalue weighted by molar-refractivity contribution is 7.94. The summed E-state index contributed by atoms with van der Waals surface area (Å²) in [6.07, 6.45) is -3.75. The number of anilines is 1. The van der Waals surface area contributed by atoms with E-state index in [2.05, 4.69) is 21.7 Å². The molecule has 0 unspecified atom stereocenters. The fourth-order valence-electron chi connectivity index (χ4n) is 3.90. The minimum Gasteiger partial charge on any atom is -0.475 e. The Bertz CT molecular complexity index is 999. The molecule has 1 N–H and O–H groups in total. The molecule has 4 rings (SSSR count). The number of thiophene rings is 1. The summed E-state index contributed by atoms with van der Waals surface area (Å²) in [5.41, 5.74) is 3.15. The predicted molar refractivity (Wildman–Crippen MR) is 108 cm³/mol. The van der Waals surface area contributed by atoms with Gasteiger partial charge in [0.05, 0.1) is 5.69 Å². The number of piperidine rings is 1. The Hall–Kier alpha value is -2.11. The summed E-state index contributed by atoms with van der Waals surface area (Å²) in [7, 11) is -1.64. The maximum absolute atomic E-state index is 13.1. The minimum absolute atomic E-state index is 0.667. The maximum Gasteiger partial charge on any atom is 0.490 e. The molecule has 0 atom stereocenters. The van der Waals surface area contributed by atoms with Crippen molar-refractivity contribution in [3.63, 3.8) is 0 Å². The lowest BCUT2D eigenvalue weighted by Gasteiger charge is -2.38. The molecule has 3 heterocycles. The first-order chi connectivity index (χ1) is 14.0. The molecule has 1 spiro atoms. The van der Waals surface area contributed by atoms with Gasteiger partial charge in [-0.15, -0.1) is 0 Å². The Kier molecular flexibility index (Phi) is 6.17. The van der Waals surface area contributed by atoms with Crippen LogP contribution in [0.4, 0.5) is 18.9 Å². The summed E-state index contributed by atoms with van der Waals surface area (Å²) >= 11 is 1.71. The van der Waals surface area contributed by atoms with Gasteiger partial charge in [-0.05, 0) is 46.9 Å². The molecule has 30 heavy (non-hydrogen) atoms. The molecule has 2 aliphatic rings. The van der Waals surface area contributed by atoms with E-state index in [9.17, 15) is 21.6 Å². The molecular weight excluding hydrogens is 441 g/mol. The zero-order valence-electron chi connectivity index (χ0n) is 16.1. The quantitative estimate of drug-likeness (QED) is 0.737. The number of rotatable bonds is 2. The van der Waals surface area contributed by atoms with Gasteiger partial charge in [0.25, 0.3) is 0 Å². The Morgan fingerprint density at radius 2 is 1.80 bits per heavy atom. The lowest BCUT2D eigenvalue weighted by atomic mass is 9.87. The van der Waals surface area contributed by atoms with Crippen LogP contribution in [0, 0.1) is 0 Å². The molecule has 1 aromatic heterocycles. The molecule has 0 bridgehead atoms. The normalized spacial score (nSPS) is 19.8. The second-order valence-electron chi connectivity index (χ2n) is 7.19. The Morgan fingerprint density at radius 3 is 2.33 bits per heavy atom. The number of sulfonamides is 1. The highest BCUT2D eigenvalue weighted by Crippen LogP contribution is 2.51. The third-order valence-electron chi connectivity index (χ3n) is 5.48. The minimum atomic E-state index is -5.08. The zero-order valence-corrected chi connectivity index (χ0v) is 17.7. The molecule has 2 aromatic rings. The largest absolute Gasteiger partial charge is 0.490 e. The number of carbonyl (C=O) groups is 1. The number of carboxylic acids is 1. The number of hydrogen-bond acceptors (Lipinski definition) is 5. The molecule has 0 amide bonds. The van der Waals surface area contributed by atoms with E-state index in [1.165, 1.54) is 9.87 Å². The molecule has 1 fully saturated rings. The number of fused-ring (bicyclic) bond motifs is 2. The zero-order chi connectivity index (χ0) is 22.2. The molecule has 2 aliphatic heterocycles. The fourth-order valence-corrected chi connectivity index (χ4v) is 6.66. The second-order valence-corrected chi connectivity index (χ2v) is 10.3. The molecular formula is C19H21F3N2O4S2. The molecule has 6 nitrogen and oxygen atoms in total. The molecule has 0 radical (unpaired) electrons. The first-order valence-electron chi connectivity index (χ1n) is 9.10. The van der Waals surface area contributed by atoms with Crippen LogP contribution in [0.1, 0.15) is 24.0 Å². The van der Waals surface area contributed by atoms with Gasteiger partial charge >= 0.3 is 12.1 Å². The van der Waals surface area contributed by atoms with Gasteiger partial charge in [-0.1, -0.05) is 18.2 Å². The first kappa shape index (κ1) is 22.6. The van der Waals surface area contributed by atoms with Gasteiger partial charge in [0.1, 0.15) is 4.75 Å². The summed E-state index contributed by atoms with van der Waals surface area (Å²) < 4.78 is 58.6.